The smallest absolute Gasteiger partial charge is 0.294 e. The number of amides is 1. The summed E-state index contributed by atoms with van der Waals surface area (Å²) < 4.78 is 72.1. The normalized spacial score (nSPS) is 16.3. The van der Waals surface area contributed by atoms with Crippen LogP contribution in [0.4, 0.5) is 27.6 Å². The van der Waals surface area contributed by atoms with Gasteiger partial charge in [-0.3, -0.25) is 14.8 Å². The van der Waals surface area contributed by atoms with E-state index in [1.165, 1.54) is 30.6 Å². The number of halogens is 5. The van der Waals surface area contributed by atoms with Crippen molar-refractivity contribution in [3.8, 4) is 11.3 Å². The van der Waals surface area contributed by atoms with E-state index in [1.54, 1.807) is 0 Å². The zero-order chi connectivity index (χ0) is 22.9. The van der Waals surface area contributed by atoms with E-state index in [9.17, 15) is 26.7 Å². The molecular weight excluding hydrogens is 435 g/mol. The van der Waals surface area contributed by atoms with Crippen molar-refractivity contribution in [2.45, 2.75) is 43.9 Å². The van der Waals surface area contributed by atoms with Crippen LogP contribution in [0.15, 0.2) is 41.2 Å². The average Bonchev–Trinajstić information content (AvgIpc) is 3.26. The standard InChI is InChI=1S/C21H17F5N4O2/c22-13-2-1-8-27-17(13)12-5-9-28-16(11-3-6-21(25,26)7-4-11)18(12)29-20(31)15-10-14(19(23)24)30-32-15/h1-2,5,8-11,19H,3-4,6-7H2,(H,29,31). The van der Waals surface area contributed by atoms with Crippen molar-refractivity contribution in [3.05, 3.63) is 59.6 Å². The van der Waals surface area contributed by atoms with E-state index in [-0.39, 0.29) is 48.3 Å². The van der Waals surface area contributed by atoms with Crippen LogP contribution >= 0.6 is 0 Å². The molecule has 0 saturated heterocycles. The molecule has 0 aliphatic heterocycles. The van der Waals surface area contributed by atoms with Crippen LogP contribution in [0.2, 0.25) is 0 Å². The summed E-state index contributed by atoms with van der Waals surface area (Å²) in [5.41, 5.74) is -0.289. The first-order chi connectivity index (χ1) is 15.2. The lowest BCUT2D eigenvalue weighted by Crippen LogP contribution is -2.25. The third-order valence-corrected chi connectivity index (χ3v) is 5.31. The van der Waals surface area contributed by atoms with Crippen molar-refractivity contribution in [1.82, 2.24) is 15.1 Å². The van der Waals surface area contributed by atoms with Gasteiger partial charge in [-0.1, -0.05) is 5.16 Å². The lowest BCUT2D eigenvalue weighted by atomic mass is 9.83. The molecule has 0 bridgehead atoms. The van der Waals surface area contributed by atoms with Crippen LogP contribution in [0.1, 0.15) is 60.0 Å². The highest BCUT2D eigenvalue weighted by molar-refractivity contribution is 6.05. The van der Waals surface area contributed by atoms with E-state index in [4.69, 9.17) is 4.52 Å². The number of pyridine rings is 2. The van der Waals surface area contributed by atoms with Gasteiger partial charge in [0.25, 0.3) is 12.3 Å². The minimum absolute atomic E-state index is 0.0558. The summed E-state index contributed by atoms with van der Waals surface area (Å²) in [5.74, 6) is -5.29. The molecule has 32 heavy (non-hydrogen) atoms. The molecule has 1 aliphatic carbocycles. The molecule has 0 unspecified atom stereocenters. The van der Waals surface area contributed by atoms with E-state index >= 15 is 0 Å². The van der Waals surface area contributed by atoms with E-state index in [0.717, 1.165) is 6.07 Å². The Kier molecular flexibility index (Phi) is 5.90. The first kappa shape index (κ1) is 21.8. The van der Waals surface area contributed by atoms with Gasteiger partial charge in [-0.15, -0.1) is 0 Å². The second-order valence-electron chi connectivity index (χ2n) is 7.45. The van der Waals surface area contributed by atoms with Gasteiger partial charge >= 0.3 is 0 Å². The first-order valence-corrected chi connectivity index (χ1v) is 9.79. The van der Waals surface area contributed by atoms with Gasteiger partial charge in [-0.05, 0) is 31.0 Å². The Morgan fingerprint density at radius 1 is 1.16 bits per heavy atom. The van der Waals surface area contributed by atoms with Gasteiger partial charge in [0.2, 0.25) is 11.7 Å². The maximum Gasteiger partial charge on any atom is 0.294 e. The molecule has 0 aromatic carbocycles. The van der Waals surface area contributed by atoms with E-state index in [2.05, 4.69) is 20.4 Å². The number of aromatic nitrogens is 3. The minimum Gasteiger partial charge on any atom is -0.351 e. The Balaban J connectivity index is 1.75. The predicted octanol–water partition coefficient (Wildman–Crippen LogP) is 5.75. The molecule has 3 aromatic heterocycles. The van der Waals surface area contributed by atoms with Gasteiger partial charge in [0, 0.05) is 42.8 Å². The topological polar surface area (TPSA) is 80.9 Å². The number of nitrogens with zero attached hydrogens (tertiary/aromatic N) is 3. The summed E-state index contributed by atoms with van der Waals surface area (Å²) in [6.45, 7) is 0. The van der Waals surface area contributed by atoms with Crippen LogP contribution in [0.25, 0.3) is 11.3 Å². The van der Waals surface area contributed by atoms with Gasteiger partial charge in [0.15, 0.2) is 5.69 Å². The number of hydrogen-bond acceptors (Lipinski definition) is 5. The van der Waals surface area contributed by atoms with Gasteiger partial charge in [0.05, 0.1) is 11.4 Å². The fraction of sp³-hybridized carbons (Fsp3) is 0.333. The third-order valence-electron chi connectivity index (χ3n) is 5.31. The highest BCUT2D eigenvalue weighted by Gasteiger charge is 2.37. The average molecular weight is 452 g/mol. The largest absolute Gasteiger partial charge is 0.351 e. The number of rotatable bonds is 5. The second kappa shape index (κ2) is 8.64. The highest BCUT2D eigenvalue weighted by atomic mass is 19.3. The molecule has 168 valence electrons. The van der Waals surface area contributed by atoms with Crippen molar-refractivity contribution >= 4 is 11.6 Å². The molecule has 0 spiro atoms. The summed E-state index contributed by atoms with van der Waals surface area (Å²) in [4.78, 5) is 21.0. The Hall–Kier alpha value is -3.37. The van der Waals surface area contributed by atoms with Crippen molar-refractivity contribution in [2.75, 3.05) is 5.32 Å². The number of nitrogens with one attached hydrogen (secondary N) is 1. The fourth-order valence-electron chi connectivity index (χ4n) is 3.69. The number of anilines is 1. The van der Waals surface area contributed by atoms with Crippen LogP contribution in [0.3, 0.4) is 0 Å². The zero-order valence-electron chi connectivity index (χ0n) is 16.5. The highest BCUT2D eigenvalue weighted by Crippen LogP contribution is 2.44. The molecule has 6 nitrogen and oxygen atoms in total. The molecule has 3 aromatic rings. The number of hydrogen-bond donors (Lipinski definition) is 1. The molecule has 1 N–H and O–H groups in total. The van der Waals surface area contributed by atoms with Crippen LogP contribution in [0.5, 0.6) is 0 Å². The van der Waals surface area contributed by atoms with E-state index in [1.807, 2.05) is 0 Å². The monoisotopic (exact) mass is 452 g/mol. The Bertz CT molecular complexity index is 1120. The molecule has 1 amide bonds. The van der Waals surface area contributed by atoms with Crippen molar-refractivity contribution in [1.29, 1.82) is 0 Å². The quantitative estimate of drug-likeness (QED) is 0.499. The SMILES string of the molecule is O=C(Nc1c(-c2ncccc2F)ccnc1C1CCC(F)(F)CC1)c1cc(C(F)F)no1. The van der Waals surface area contributed by atoms with Gasteiger partial charge in [-0.2, -0.15) is 0 Å². The molecular formula is C21H17F5N4O2. The lowest BCUT2D eigenvalue weighted by molar-refractivity contribution is -0.0384. The second-order valence-corrected chi connectivity index (χ2v) is 7.45. The molecule has 1 fully saturated rings. The molecule has 11 heteroatoms. The molecule has 0 atom stereocenters. The zero-order valence-corrected chi connectivity index (χ0v) is 16.5. The van der Waals surface area contributed by atoms with Crippen LogP contribution in [0, 0.1) is 5.82 Å². The summed E-state index contributed by atoms with van der Waals surface area (Å²) in [6, 6.07) is 4.79. The predicted molar refractivity (Wildman–Crippen MR) is 103 cm³/mol. The number of carbonyl (C=O) groups is 1. The summed E-state index contributed by atoms with van der Waals surface area (Å²) in [5, 5.41) is 5.66. The maximum absolute atomic E-state index is 14.5. The molecule has 1 saturated carbocycles. The van der Waals surface area contributed by atoms with Gasteiger partial charge < -0.3 is 9.84 Å². The fourth-order valence-corrected chi connectivity index (χ4v) is 3.69. The minimum atomic E-state index is -2.93. The van der Waals surface area contributed by atoms with E-state index < -0.39 is 41.4 Å². The summed E-state index contributed by atoms with van der Waals surface area (Å²) in [6.07, 6.45) is -0.689. The van der Waals surface area contributed by atoms with Gasteiger partial charge in [-0.25, -0.2) is 22.0 Å². The summed E-state index contributed by atoms with van der Waals surface area (Å²) >= 11 is 0. The summed E-state index contributed by atoms with van der Waals surface area (Å²) in [7, 11) is 0. The Morgan fingerprint density at radius 3 is 2.56 bits per heavy atom. The van der Waals surface area contributed by atoms with Gasteiger partial charge in [0.1, 0.15) is 11.5 Å². The first-order valence-electron chi connectivity index (χ1n) is 9.79. The molecule has 1 aliphatic rings. The van der Waals surface area contributed by atoms with Crippen LogP contribution < -0.4 is 5.32 Å². The molecule has 4 rings (SSSR count). The Labute approximate surface area is 178 Å². The third kappa shape index (κ3) is 4.46. The molecule has 3 heterocycles. The van der Waals surface area contributed by atoms with E-state index in [0.29, 0.717) is 0 Å². The Morgan fingerprint density at radius 2 is 1.91 bits per heavy atom. The van der Waals surface area contributed by atoms with Crippen LogP contribution in [-0.4, -0.2) is 27.0 Å². The van der Waals surface area contributed by atoms with Crippen molar-refractivity contribution in [3.63, 3.8) is 0 Å². The lowest BCUT2D eigenvalue weighted by Gasteiger charge is -2.29. The van der Waals surface area contributed by atoms with Crippen molar-refractivity contribution in [2.24, 2.45) is 0 Å². The number of alkyl halides is 4. The molecule has 0 radical (unpaired) electrons. The van der Waals surface area contributed by atoms with Crippen LogP contribution in [-0.2, 0) is 0 Å². The van der Waals surface area contributed by atoms with Crippen molar-refractivity contribution < 1.29 is 31.3 Å². The number of carbonyl (C=O) groups excluding carboxylic acids is 1. The maximum atomic E-state index is 14.5.